The van der Waals surface area contributed by atoms with Crippen molar-refractivity contribution in [3.63, 3.8) is 0 Å². The number of amides is 1. The average Bonchev–Trinajstić information content (AvgIpc) is 2.76. The summed E-state index contributed by atoms with van der Waals surface area (Å²) in [6.07, 6.45) is 0. The van der Waals surface area contributed by atoms with Gasteiger partial charge in [0.2, 0.25) is 0 Å². The topological polar surface area (TPSA) is 36.7 Å². The van der Waals surface area contributed by atoms with Crippen molar-refractivity contribution in [2.24, 2.45) is 0 Å². The van der Waals surface area contributed by atoms with Crippen molar-refractivity contribution in [1.82, 2.24) is 9.80 Å². The molecule has 114 valence electrons. The highest BCUT2D eigenvalue weighted by Crippen LogP contribution is 2.26. The Hall–Kier alpha value is -1.81. The molecule has 0 aliphatic heterocycles. The molecule has 0 bridgehead atoms. The molecule has 0 fully saturated rings. The van der Waals surface area contributed by atoms with Crippen LogP contribution in [-0.2, 0) is 0 Å². The van der Waals surface area contributed by atoms with Gasteiger partial charge in [-0.05, 0) is 40.9 Å². The van der Waals surface area contributed by atoms with Gasteiger partial charge in [0.05, 0.1) is 0 Å². The van der Waals surface area contributed by atoms with E-state index in [1.54, 1.807) is 0 Å². The van der Waals surface area contributed by atoms with Crippen LogP contribution in [0.3, 0.4) is 0 Å². The number of fused-ring (bicyclic) bond motifs is 1. The number of hydrogen-bond donors (Lipinski definition) is 0. The van der Waals surface area contributed by atoms with Crippen molar-refractivity contribution >= 4 is 16.9 Å². The Balaban J connectivity index is 2.33. The van der Waals surface area contributed by atoms with E-state index < -0.39 is 0 Å². The molecule has 21 heavy (non-hydrogen) atoms. The van der Waals surface area contributed by atoms with Crippen molar-refractivity contribution in [3.8, 4) is 0 Å². The van der Waals surface area contributed by atoms with Crippen molar-refractivity contribution in [2.45, 2.75) is 26.8 Å². The molecular formula is C17H24N2O2. The number of aryl methyl sites for hydroxylation is 1. The molecule has 1 unspecified atom stereocenters. The third-order valence-electron chi connectivity index (χ3n) is 3.80. The highest BCUT2D eigenvalue weighted by Gasteiger charge is 2.25. The largest absolute Gasteiger partial charge is 0.451 e. The molecule has 4 heteroatoms. The highest BCUT2D eigenvalue weighted by molar-refractivity contribution is 5.99. The number of rotatable bonds is 5. The molecule has 1 amide bonds. The Morgan fingerprint density at radius 2 is 1.95 bits per heavy atom. The summed E-state index contributed by atoms with van der Waals surface area (Å²) >= 11 is 0. The minimum absolute atomic E-state index is 0.0273. The molecule has 0 spiro atoms. The predicted octanol–water partition coefficient (Wildman–Crippen LogP) is 3.15. The minimum Gasteiger partial charge on any atom is -0.451 e. The van der Waals surface area contributed by atoms with Crippen LogP contribution in [0.2, 0.25) is 0 Å². The Morgan fingerprint density at radius 3 is 2.52 bits per heavy atom. The van der Waals surface area contributed by atoms with Crippen LogP contribution in [-0.4, -0.2) is 48.9 Å². The molecule has 1 atom stereocenters. The summed E-state index contributed by atoms with van der Waals surface area (Å²) in [6, 6.07) is 7.92. The van der Waals surface area contributed by atoms with Gasteiger partial charge < -0.3 is 14.2 Å². The van der Waals surface area contributed by atoms with Crippen LogP contribution in [0.25, 0.3) is 11.0 Å². The molecule has 0 aliphatic carbocycles. The number of nitrogens with zero attached hydrogens (tertiary/aromatic N) is 2. The molecule has 0 N–H and O–H groups in total. The Labute approximate surface area is 126 Å². The summed E-state index contributed by atoms with van der Waals surface area (Å²) in [5.41, 5.74) is 1.70. The summed E-state index contributed by atoms with van der Waals surface area (Å²) in [4.78, 5) is 16.8. The van der Waals surface area contributed by atoms with Crippen LogP contribution in [0.5, 0.6) is 0 Å². The van der Waals surface area contributed by atoms with Gasteiger partial charge in [-0.25, -0.2) is 0 Å². The zero-order valence-corrected chi connectivity index (χ0v) is 13.5. The van der Waals surface area contributed by atoms with Gasteiger partial charge in [-0.2, -0.15) is 0 Å². The molecule has 1 aromatic carbocycles. The SMILES string of the molecule is CCN(C(=O)c1oc2ccccc2c1C)C(C)CN(C)C. The number of carbonyl (C=O) groups excluding carboxylic acids is 1. The Morgan fingerprint density at radius 1 is 1.29 bits per heavy atom. The maximum absolute atomic E-state index is 12.8. The van der Waals surface area contributed by atoms with Crippen LogP contribution in [0.1, 0.15) is 30.0 Å². The number of benzene rings is 1. The van der Waals surface area contributed by atoms with Gasteiger partial charge in [0.15, 0.2) is 5.76 Å². The number of likely N-dealkylation sites (N-methyl/N-ethyl adjacent to an activating group) is 2. The second-order valence-corrected chi connectivity index (χ2v) is 5.75. The first-order chi connectivity index (χ1) is 9.95. The Bertz CT molecular complexity index is 631. The van der Waals surface area contributed by atoms with Gasteiger partial charge >= 0.3 is 0 Å². The first kappa shape index (κ1) is 15.6. The summed E-state index contributed by atoms with van der Waals surface area (Å²) in [7, 11) is 4.03. The maximum Gasteiger partial charge on any atom is 0.290 e. The van der Waals surface area contributed by atoms with E-state index in [1.807, 2.05) is 57.1 Å². The third-order valence-corrected chi connectivity index (χ3v) is 3.80. The van der Waals surface area contributed by atoms with Crippen molar-refractivity contribution in [2.75, 3.05) is 27.2 Å². The number of furan rings is 1. The summed E-state index contributed by atoms with van der Waals surface area (Å²) in [6.45, 7) is 7.52. The van der Waals surface area contributed by atoms with Crippen LogP contribution < -0.4 is 0 Å². The molecule has 0 radical (unpaired) electrons. The van der Waals surface area contributed by atoms with Crippen molar-refractivity contribution in [3.05, 3.63) is 35.6 Å². The second kappa shape index (κ2) is 6.31. The van der Waals surface area contributed by atoms with Crippen LogP contribution >= 0.6 is 0 Å². The van der Waals surface area contributed by atoms with E-state index in [4.69, 9.17) is 4.42 Å². The normalized spacial score (nSPS) is 12.9. The van der Waals surface area contributed by atoms with E-state index >= 15 is 0 Å². The monoisotopic (exact) mass is 288 g/mol. The van der Waals surface area contributed by atoms with E-state index in [0.717, 1.165) is 23.1 Å². The Kier molecular flexibility index (Phi) is 4.68. The van der Waals surface area contributed by atoms with Crippen LogP contribution in [0.4, 0.5) is 0 Å². The number of hydrogen-bond acceptors (Lipinski definition) is 3. The van der Waals surface area contributed by atoms with Gasteiger partial charge in [0.1, 0.15) is 5.58 Å². The van der Waals surface area contributed by atoms with E-state index in [0.29, 0.717) is 12.3 Å². The standard InChI is InChI=1S/C17H24N2O2/c1-6-19(12(2)11-18(4)5)17(20)16-13(3)14-9-7-8-10-15(14)21-16/h7-10,12H,6,11H2,1-5H3. The van der Waals surface area contributed by atoms with Crippen molar-refractivity contribution < 1.29 is 9.21 Å². The zero-order chi connectivity index (χ0) is 15.6. The van der Waals surface area contributed by atoms with E-state index in [2.05, 4.69) is 11.8 Å². The summed E-state index contributed by atoms with van der Waals surface area (Å²) in [5.74, 6) is 0.434. The molecule has 2 rings (SSSR count). The molecule has 4 nitrogen and oxygen atoms in total. The zero-order valence-electron chi connectivity index (χ0n) is 13.5. The van der Waals surface area contributed by atoms with Gasteiger partial charge in [-0.3, -0.25) is 4.79 Å². The van der Waals surface area contributed by atoms with Gasteiger partial charge in [-0.15, -0.1) is 0 Å². The van der Waals surface area contributed by atoms with Crippen LogP contribution in [0, 0.1) is 6.92 Å². The first-order valence-corrected chi connectivity index (χ1v) is 7.39. The molecule has 0 saturated heterocycles. The van der Waals surface area contributed by atoms with Crippen LogP contribution in [0.15, 0.2) is 28.7 Å². The molecular weight excluding hydrogens is 264 g/mol. The van der Waals surface area contributed by atoms with Crippen molar-refractivity contribution in [1.29, 1.82) is 0 Å². The number of carbonyl (C=O) groups is 1. The smallest absolute Gasteiger partial charge is 0.290 e. The number of para-hydroxylation sites is 1. The fraction of sp³-hybridized carbons (Fsp3) is 0.471. The summed E-state index contributed by atoms with van der Waals surface area (Å²) in [5, 5.41) is 1.01. The lowest BCUT2D eigenvalue weighted by Gasteiger charge is -2.29. The highest BCUT2D eigenvalue weighted by atomic mass is 16.3. The first-order valence-electron chi connectivity index (χ1n) is 7.39. The molecule has 1 aromatic heterocycles. The van der Waals surface area contributed by atoms with Gasteiger partial charge in [0.25, 0.3) is 5.91 Å². The maximum atomic E-state index is 12.8. The molecule has 2 aromatic rings. The average molecular weight is 288 g/mol. The molecule has 0 aliphatic rings. The third kappa shape index (κ3) is 3.10. The van der Waals surface area contributed by atoms with E-state index in [9.17, 15) is 4.79 Å². The lowest BCUT2D eigenvalue weighted by Crippen LogP contribution is -2.43. The molecule has 0 saturated carbocycles. The fourth-order valence-electron chi connectivity index (χ4n) is 2.79. The second-order valence-electron chi connectivity index (χ2n) is 5.75. The lowest BCUT2D eigenvalue weighted by molar-refractivity contribution is 0.0648. The van der Waals surface area contributed by atoms with E-state index in [-0.39, 0.29) is 11.9 Å². The predicted molar refractivity (Wildman–Crippen MR) is 85.7 cm³/mol. The summed E-state index contributed by atoms with van der Waals surface area (Å²) < 4.78 is 5.79. The van der Waals surface area contributed by atoms with Gasteiger partial charge in [-0.1, -0.05) is 18.2 Å². The molecule has 1 heterocycles. The van der Waals surface area contributed by atoms with E-state index in [1.165, 1.54) is 0 Å². The van der Waals surface area contributed by atoms with Gasteiger partial charge in [0, 0.05) is 30.1 Å². The quantitative estimate of drug-likeness (QED) is 0.848. The lowest BCUT2D eigenvalue weighted by atomic mass is 10.1. The minimum atomic E-state index is -0.0273. The fourth-order valence-corrected chi connectivity index (χ4v) is 2.79.